The number of benzene rings is 2. The molecule has 0 aliphatic rings. The van der Waals surface area contributed by atoms with Gasteiger partial charge in [0, 0.05) is 16.6 Å². The van der Waals surface area contributed by atoms with Gasteiger partial charge in [0.2, 0.25) is 15.9 Å². The van der Waals surface area contributed by atoms with Crippen LogP contribution in [0.25, 0.3) is 0 Å². The average molecular weight is 431 g/mol. The fourth-order valence-corrected chi connectivity index (χ4v) is 3.84. The van der Waals surface area contributed by atoms with E-state index in [1.165, 1.54) is 14.0 Å². The van der Waals surface area contributed by atoms with Crippen molar-refractivity contribution < 1.29 is 17.9 Å². The molecular formula is C18H20Cl2N2O4S. The average Bonchev–Trinajstić information content (AvgIpc) is 2.65. The quantitative estimate of drug-likeness (QED) is 0.695. The highest BCUT2D eigenvalue weighted by molar-refractivity contribution is 7.92. The largest absolute Gasteiger partial charge is 0.497 e. The van der Waals surface area contributed by atoms with E-state index in [2.05, 4.69) is 5.32 Å². The van der Waals surface area contributed by atoms with Crippen molar-refractivity contribution in [1.82, 2.24) is 5.32 Å². The van der Waals surface area contributed by atoms with Crippen LogP contribution in [0.15, 0.2) is 42.5 Å². The molecule has 2 aromatic rings. The number of methoxy groups -OCH3 is 1. The van der Waals surface area contributed by atoms with E-state index in [9.17, 15) is 13.2 Å². The molecule has 0 heterocycles. The predicted octanol–water partition coefficient (Wildman–Crippen LogP) is 3.47. The molecule has 2 rings (SSSR count). The molecule has 1 amide bonds. The van der Waals surface area contributed by atoms with E-state index in [-0.39, 0.29) is 18.8 Å². The molecule has 0 bridgehead atoms. The van der Waals surface area contributed by atoms with Crippen LogP contribution in [-0.2, 0) is 21.4 Å². The summed E-state index contributed by atoms with van der Waals surface area (Å²) in [5, 5.41) is 3.60. The fourth-order valence-electron chi connectivity index (χ4n) is 2.30. The maximum absolute atomic E-state index is 12.4. The summed E-state index contributed by atoms with van der Waals surface area (Å²) in [5.41, 5.74) is 1.07. The van der Waals surface area contributed by atoms with E-state index in [1.54, 1.807) is 42.5 Å². The number of carbonyl (C=O) groups is 1. The highest BCUT2D eigenvalue weighted by Crippen LogP contribution is 2.23. The topological polar surface area (TPSA) is 75.7 Å². The van der Waals surface area contributed by atoms with Crippen LogP contribution in [0.1, 0.15) is 12.5 Å². The first-order valence-electron chi connectivity index (χ1n) is 8.12. The Morgan fingerprint density at radius 2 is 1.81 bits per heavy atom. The third-order valence-corrected chi connectivity index (χ3v) is 6.17. The van der Waals surface area contributed by atoms with Gasteiger partial charge in [-0.1, -0.05) is 29.3 Å². The first kappa shape index (κ1) is 21.3. The number of anilines is 1. The lowest BCUT2D eigenvalue weighted by molar-refractivity contribution is -0.119. The second-order valence-electron chi connectivity index (χ2n) is 5.62. The van der Waals surface area contributed by atoms with Crippen molar-refractivity contribution in [3.63, 3.8) is 0 Å². The summed E-state index contributed by atoms with van der Waals surface area (Å²) >= 11 is 11.9. The van der Waals surface area contributed by atoms with Crippen LogP contribution in [0.2, 0.25) is 10.0 Å². The first-order valence-corrected chi connectivity index (χ1v) is 10.5. The number of ether oxygens (including phenoxy) is 1. The predicted molar refractivity (Wildman–Crippen MR) is 108 cm³/mol. The zero-order valence-electron chi connectivity index (χ0n) is 14.9. The van der Waals surface area contributed by atoms with E-state index in [0.717, 1.165) is 4.31 Å². The summed E-state index contributed by atoms with van der Waals surface area (Å²) in [6, 6.07) is 11.4. The van der Waals surface area contributed by atoms with Crippen LogP contribution in [0, 0.1) is 0 Å². The van der Waals surface area contributed by atoms with Crippen LogP contribution in [-0.4, -0.2) is 33.7 Å². The minimum atomic E-state index is -3.64. The van der Waals surface area contributed by atoms with Crippen LogP contribution < -0.4 is 14.4 Å². The Morgan fingerprint density at radius 1 is 1.15 bits per heavy atom. The van der Waals surface area contributed by atoms with E-state index in [4.69, 9.17) is 27.9 Å². The van der Waals surface area contributed by atoms with Gasteiger partial charge in [-0.05, 0) is 48.9 Å². The van der Waals surface area contributed by atoms with Crippen molar-refractivity contribution in [1.29, 1.82) is 0 Å². The van der Waals surface area contributed by atoms with Crippen LogP contribution >= 0.6 is 23.2 Å². The molecule has 0 saturated carbocycles. The lowest BCUT2D eigenvalue weighted by Crippen LogP contribution is -2.41. The molecule has 27 heavy (non-hydrogen) atoms. The van der Waals surface area contributed by atoms with Gasteiger partial charge in [-0.25, -0.2) is 8.42 Å². The van der Waals surface area contributed by atoms with Gasteiger partial charge in [-0.2, -0.15) is 0 Å². The SMILES string of the molecule is CCS(=O)(=O)N(CC(=O)NCc1ccc(Cl)cc1Cl)c1ccc(OC)cc1. The van der Waals surface area contributed by atoms with Crippen LogP contribution in [0.4, 0.5) is 5.69 Å². The summed E-state index contributed by atoms with van der Waals surface area (Å²) in [5.74, 6) is 0.0123. The summed E-state index contributed by atoms with van der Waals surface area (Å²) < 4.78 is 31.0. The molecule has 0 aliphatic carbocycles. The van der Waals surface area contributed by atoms with Crippen molar-refractivity contribution in [2.75, 3.05) is 23.7 Å². The summed E-state index contributed by atoms with van der Waals surface area (Å²) in [7, 11) is -2.12. The normalized spacial score (nSPS) is 11.1. The van der Waals surface area contributed by atoms with Gasteiger partial charge in [0.15, 0.2) is 0 Å². The first-order chi connectivity index (χ1) is 12.8. The summed E-state index contributed by atoms with van der Waals surface area (Å²) in [6.45, 7) is 1.35. The van der Waals surface area contributed by atoms with E-state index in [1.807, 2.05) is 0 Å². The zero-order valence-corrected chi connectivity index (χ0v) is 17.2. The number of nitrogens with one attached hydrogen (secondary N) is 1. The summed E-state index contributed by atoms with van der Waals surface area (Å²) in [4.78, 5) is 12.4. The molecule has 0 aromatic heterocycles. The number of sulfonamides is 1. The number of amides is 1. The van der Waals surface area contributed by atoms with Gasteiger partial charge >= 0.3 is 0 Å². The van der Waals surface area contributed by atoms with Crippen molar-refractivity contribution in [3.05, 3.63) is 58.1 Å². The molecule has 6 nitrogen and oxygen atoms in total. The minimum absolute atomic E-state index is 0.130. The molecule has 1 N–H and O–H groups in total. The number of carbonyl (C=O) groups excluding carboxylic acids is 1. The Balaban J connectivity index is 2.13. The molecule has 146 valence electrons. The van der Waals surface area contributed by atoms with Gasteiger partial charge < -0.3 is 10.1 Å². The van der Waals surface area contributed by atoms with E-state index >= 15 is 0 Å². The third-order valence-electron chi connectivity index (χ3n) is 3.84. The zero-order chi connectivity index (χ0) is 20.0. The molecule has 9 heteroatoms. The molecule has 0 fully saturated rings. The van der Waals surface area contributed by atoms with Gasteiger partial charge in [-0.3, -0.25) is 9.10 Å². The van der Waals surface area contributed by atoms with Gasteiger partial charge in [0.25, 0.3) is 0 Å². The molecule has 2 aromatic carbocycles. The lowest BCUT2D eigenvalue weighted by Gasteiger charge is -2.23. The van der Waals surface area contributed by atoms with Gasteiger partial charge in [0.05, 0.1) is 18.6 Å². The number of halogens is 2. The third kappa shape index (κ3) is 5.76. The molecular weight excluding hydrogens is 411 g/mol. The summed E-state index contributed by atoms with van der Waals surface area (Å²) in [6.07, 6.45) is 0. The maximum Gasteiger partial charge on any atom is 0.241 e. The molecule has 0 atom stereocenters. The Labute approximate surface area is 169 Å². The van der Waals surface area contributed by atoms with E-state index in [0.29, 0.717) is 27.0 Å². The molecule has 0 saturated heterocycles. The van der Waals surface area contributed by atoms with Crippen LogP contribution in [0.3, 0.4) is 0 Å². The standard InChI is InChI=1S/C18H20Cl2N2O4S/c1-3-27(24,25)22(15-6-8-16(26-2)9-7-15)12-18(23)21-11-13-4-5-14(19)10-17(13)20/h4-10H,3,11-12H2,1-2H3,(H,21,23). The fraction of sp³-hybridized carbons (Fsp3) is 0.278. The highest BCUT2D eigenvalue weighted by atomic mass is 35.5. The Kier molecular flexibility index (Phi) is 7.35. The molecule has 0 unspecified atom stereocenters. The highest BCUT2D eigenvalue weighted by Gasteiger charge is 2.23. The molecule has 0 aliphatic heterocycles. The Morgan fingerprint density at radius 3 is 2.37 bits per heavy atom. The number of hydrogen-bond donors (Lipinski definition) is 1. The molecule has 0 radical (unpaired) electrons. The second-order valence-corrected chi connectivity index (χ2v) is 8.64. The second kappa shape index (κ2) is 9.30. The monoisotopic (exact) mass is 430 g/mol. The van der Waals surface area contributed by atoms with Crippen molar-refractivity contribution >= 4 is 44.8 Å². The smallest absolute Gasteiger partial charge is 0.241 e. The Bertz CT molecular complexity index is 902. The Hall–Kier alpha value is -1.96. The number of hydrogen-bond acceptors (Lipinski definition) is 4. The molecule has 0 spiro atoms. The number of nitrogens with zero attached hydrogens (tertiary/aromatic N) is 1. The maximum atomic E-state index is 12.4. The number of rotatable bonds is 8. The van der Waals surface area contributed by atoms with Crippen molar-refractivity contribution in [2.45, 2.75) is 13.5 Å². The van der Waals surface area contributed by atoms with Crippen molar-refractivity contribution in [2.24, 2.45) is 0 Å². The van der Waals surface area contributed by atoms with Gasteiger partial charge in [0.1, 0.15) is 12.3 Å². The van der Waals surface area contributed by atoms with Gasteiger partial charge in [-0.15, -0.1) is 0 Å². The minimum Gasteiger partial charge on any atom is -0.497 e. The van der Waals surface area contributed by atoms with Crippen molar-refractivity contribution in [3.8, 4) is 5.75 Å². The van der Waals surface area contributed by atoms with E-state index < -0.39 is 15.9 Å². The lowest BCUT2D eigenvalue weighted by atomic mass is 10.2. The van der Waals surface area contributed by atoms with Crippen LogP contribution in [0.5, 0.6) is 5.75 Å².